The SMILES string of the molecule is COc1cccc(C(=O)CN2CCC(CN3Cc4ccccc4C3C=O)CC2)c1. The standard InChI is InChI=1S/C24H28N2O3/c1-29-21-7-4-6-19(13-21)24(28)16-25-11-9-18(10-12-25)14-26-15-20-5-2-3-8-22(20)23(26)17-27/h2-8,13,17-18,23H,9-12,14-16H2,1H3. The summed E-state index contributed by atoms with van der Waals surface area (Å²) >= 11 is 0. The number of hydrogen-bond acceptors (Lipinski definition) is 5. The lowest BCUT2D eigenvalue weighted by Gasteiger charge is -2.34. The van der Waals surface area contributed by atoms with Crippen molar-refractivity contribution in [3.8, 4) is 5.75 Å². The number of hydrogen-bond donors (Lipinski definition) is 0. The topological polar surface area (TPSA) is 49.9 Å². The first-order valence-corrected chi connectivity index (χ1v) is 10.3. The lowest BCUT2D eigenvalue weighted by molar-refractivity contribution is -0.112. The van der Waals surface area contributed by atoms with Crippen LogP contribution in [-0.2, 0) is 11.3 Å². The van der Waals surface area contributed by atoms with Crippen LogP contribution in [0, 0.1) is 5.92 Å². The van der Waals surface area contributed by atoms with Crippen molar-refractivity contribution in [1.29, 1.82) is 0 Å². The second kappa shape index (κ2) is 8.89. The minimum Gasteiger partial charge on any atom is -0.497 e. The zero-order valence-corrected chi connectivity index (χ0v) is 16.9. The lowest BCUT2D eigenvalue weighted by Crippen LogP contribution is -2.40. The highest BCUT2D eigenvalue weighted by Crippen LogP contribution is 2.34. The first-order valence-electron chi connectivity index (χ1n) is 10.3. The molecule has 152 valence electrons. The van der Waals surface area contributed by atoms with Gasteiger partial charge in [0.25, 0.3) is 0 Å². The van der Waals surface area contributed by atoms with Gasteiger partial charge in [-0.2, -0.15) is 0 Å². The van der Waals surface area contributed by atoms with Crippen LogP contribution in [0.2, 0.25) is 0 Å². The van der Waals surface area contributed by atoms with Gasteiger partial charge in [-0.05, 0) is 55.1 Å². The Morgan fingerprint density at radius 2 is 1.93 bits per heavy atom. The van der Waals surface area contributed by atoms with Gasteiger partial charge in [0.2, 0.25) is 0 Å². The maximum absolute atomic E-state index is 12.6. The number of carbonyl (C=O) groups is 2. The molecule has 1 atom stereocenters. The summed E-state index contributed by atoms with van der Waals surface area (Å²) in [4.78, 5) is 28.8. The van der Waals surface area contributed by atoms with E-state index in [0.29, 0.717) is 23.8 Å². The number of ketones is 1. The van der Waals surface area contributed by atoms with Crippen molar-refractivity contribution in [3.63, 3.8) is 0 Å². The van der Waals surface area contributed by atoms with Crippen LogP contribution in [0.1, 0.15) is 40.4 Å². The summed E-state index contributed by atoms with van der Waals surface area (Å²) in [6.07, 6.45) is 3.20. The van der Waals surface area contributed by atoms with Gasteiger partial charge in [-0.15, -0.1) is 0 Å². The molecule has 29 heavy (non-hydrogen) atoms. The Hall–Kier alpha value is -2.50. The molecule has 4 rings (SSSR count). The van der Waals surface area contributed by atoms with Gasteiger partial charge in [-0.1, -0.05) is 36.4 Å². The number of carbonyl (C=O) groups excluding carboxylic acids is 2. The molecule has 0 aliphatic carbocycles. The summed E-state index contributed by atoms with van der Waals surface area (Å²) in [7, 11) is 1.61. The van der Waals surface area contributed by atoms with Gasteiger partial charge < -0.3 is 9.53 Å². The molecule has 1 fully saturated rings. The van der Waals surface area contributed by atoms with E-state index in [1.807, 2.05) is 30.3 Å². The maximum Gasteiger partial charge on any atom is 0.176 e. The first-order chi connectivity index (χ1) is 14.2. The molecule has 0 spiro atoms. The van der Waals surface area contributed by atoms with Crippen molar-refractivity contribution in [1.82, 2.24) is 9.80 Å². The Labute approximate surface area is 172 Å². The van der Waals surface area contributed by atoms with E-state index < -0.39 is 0 Å². The van der Waals surface area contributed by atoms with Crippen LogP contribution in [-0.4, -0.2) is 55.2 Å². The second-order valence-corrected chi connectivity index (χ2v) is 8.08. The zero-order chi connectivity index (χ0) is 20.2. The highest BCUT2D eigenvalue weighted by atomic mass is 16.5. The summed E-state index contributed by atoms with van der Waals surface area (Å²) in [6, 6.07) is 15.5. The summed E-state index contributed by atoms with van der Waals surface area (Å²) in [5, 5.41) is 0. The van der Waals surface area contributed by atoms with E-state index in [0.717, 1.165) is 50.9 Å². The monoisotopic (exact) mass is 392 g/mol. The number of piperidine rings is 1. The molecule has 0 aromatic heterocycles. The number of nitrogens with zero attached hydrogens (tertiary/aromatic N) is 2. The fourth-order valence-corrected chi connectivity index (χ4v) is 4.57. The van der Waals surface area contributed by atoms with Crippen molar-refractivity contribution in [2.24, 2.45) is 5.92 Å². The Balaban J connectivity index is 1.29. The number of ether oxygens (including phenoxy) is 1. The molecule has 2 heterocycles. The van der Waals surface area contributed by atoms with Crippen LogP contribution in [0.3, 0.4) is 0 Å². The van der Waals surface area contributed by atoms with E-state index in [-0.39, 0.29) is 11.8 Å². The van der Waals surface area contributed by atoms with E-state index >= 15 is 0 Å². The third-order valence-electron chi connectivity index (χ3n) is 6.23. The molecule has 5 nitrogen and oxygen atoms in total. The molecule has 0 amide bonds. The number of benzene rings is 2. The largest absolute Gasteiger partial charge is 0.497 e. The summed E-state index contributed by atoms with van der Waals surface area (Å²) in [5.74, 6) is 1.42. The highest BCUT2D eigenvalue weighted by molar-refractivity contribution is 5.97. The van der Waals surface area contributed by atoms with E-state index in [1.54, 1.807) is 13.2 Å². The van der Waals surface area contributed by atoms with E-state index in [9.17, 15) is 9.59 Å². The minimum absolute atomic E-state index is 0.112. The van der Waals surface area contributed by atoms with Crippen molar-refractivity contribution >= 4 is 12.1 Å². The molecule has 0 N–H and O–H groups in total. The number of methoxy groups -OCH3 is 1. The molecule has 0 bridgehead atoms. The predicted octanol–water partition coefficient (Wildman–Crippen LogP) is 3.35. The van der Waals surface area contributed by atoms with Gasteiger partial charge in [0.15, 0.2) is 5.78 Å². The highest BCUT2D eigenvalue weighted by Gasteiger charge is 2.32. The normalized spacial score (nSPS) is 20.4. The van der Waals surface area contributed by atoms with Crippen LogP contribution in [0.5, 0.6) is 5.75 Å². The molecule has 1 unspecified atom stereocenters. The van der Waals surface area contributed by atoms with Crippen LogP contribution in [0.15, 0.2) is 48.5 Å². The maximum atomic E-state index is 12.6. The first kappa shape index (κ1) is 19.8. The fourth-order valence-electron chi connectivity index (χ4n) is 4.57. The number of rotatable bonds is 7. The lowest BCUT2D eigenvalue weighted by atomic mass is 9.95. The molecule has 2 aliphatic heterocycles. The summed E-state index contributed by atoms with van der Waals surface area (Å²) < 4.78 is 5.22. The van der Waals surface area contributed by atoms with Crippen molar-refractivity contribution in [2.45, 2.75) is 25.4 Å². The average molecular weight is 392 g/mol. The van der Waals surface area contributed by atoms with Gasteiger partial charge in [0.05, 0.1) is 19.7 Å². The molecule has 2 aromatic carbocycles. The second-order valence-electron chi connectivity index (χ2n) is 8.08. The van der Waals surface area contributed by atoms with Gasteiger partial charge >= 0.3 is 0 Å². The Kier molecular flexibility index (Phi) is 6.07. The van der Waals surface area contributed by atoms with E-state index in [4.69, 9.17) is 4.74 Å². The van der Waals surface area contributed by atoms with Crippen molar-refractivity contribution in [2.75, 3.05) is 33.3 Å². The van der Waals surface area contributed by atoms with E-state index in [1.165, 1.54) is 5.56 Å². The number of aldehydes is 1. The van der Waals surface area contributed by atoms with Crippen LogP contribution in [0.4, 0.5) is 0 Å². The van der Waals surface area contributed by atoms with E-state index in [2.05, 4.69) is 21.9 Å². The van der Waals surface area contributed by atoms with Crippen LogP contribution in [0.25, 0.3) is 0 Å². The molecule has 2 aliphatic rings. The quantitative estimate of drug-likeness (QED) is 0.534. The number of fused-ring (bicyclic) bond motifs is 1. The third kappa shape index (κ3) is 4.41. The molecule has 2 aromatic rings. The summed E-state index contributed by atoms with van der Waals surface area (Å²) in [6.45, 7) is 4.09. The van der Waals surface area contributed by atoms with Gasteiger partial charge in [0, 0.05) is 18.7 Å². The molecular weight excluding hydrogens is 364 g/mol. The van der Waals surface area contributed by atoms with Gasteiger partial charge in [0.1, 0.15) is 12.0 Å². The van der Waals surface area contributed by atoms with Crippen molar-refractivity contribution in [3.05, 3.63) is 65.2 Å². The molecule has 1 saturated heterocycles. The Morgan fingerprint density at radius 1 is 1.14 bits per heavy atom. The Bertz CT molecular complexity index is 874. The van der Waals surface area contributed by atoms with Crippen molar-refractivity contribution < 1.29 is 14.3 Å². The smallest absolute Gasteiger partial charge is 0.176 e. The predicted molar refractivity (Wildman–Crippen MR) is 112 cm³/mol. The zero-order valence-electron chi connectivity index (χ0n) is 16.9. The Morgan fingerprint density at radius 3 is 2.69 bits per heavy atom. The van der Waals surface area contributed by atoms with Crippen LogP contribution < -0.4 is 4.74 Å². The molecular formula is C24H28N2O3. The fraction of sp³-hybridized carbons (Fsp3) is 0.417. The number of likely N-dealkylation sites (tertiary alicyclic amines) is 1. The molecule has 0 radical (unpaired) electrons. The van der Waals surface area contributed by atoms with Gasteiger partial charge in [-0.3, -0.25) is 14.6 Å². The molecule has 5 heteroatoms. The summed E-state index contributed by atoms with van der Waals surface area (Å²) in [5.41, 5.74) is 3.13. The minimum atomic E-state index is -0.112. The number of Topliss-reactive ketones (excluding diaryl/α,β-unsaturated/α-hetero) is 1. The average Bonchev–Trinajstić information content (AvgIpc) is 3.12. The third-order valence-corrected chi connectivity index (χ3v) is 6.23. The van der Waals surface area contributed by atoms with Gasteiger partial charge in [-0.25, -0.2) is 0 Å². The molecule has 0 saturated carbocycles. The van der Waals surface area contributed by atoms with Crippen LogP contribution >= 0.6 is 0 Å².